The molecule has 0 heterocycles. The van der Waals surface area contributed by atoms with E-state index < -0.39 is 0 Å². The van der Waals surface area contributed by atoms with E-state index in [0.717, 1.165) is 76.0 Å². The molecule has 0 fully saturated rings. The topological polar surface area (TPSA) is 49.8 Å². The first-order valence-electron chi connectivity index (χ1n) is 13.8. The molecule has 3 aromatic carbocycles. The number of unbranched alkanes of at least 4 members (excludes halogenated alkanes) is 4. The zero-order chi connectivity index (χ0) is 26.1. The molecular formula is C33H43NO3. The highest BCUT2D eigenvalue weighted by atomic mass is 16.5. The molecule has 0 saturated heterocycles. The highest BCUT2D eigenvalue weighted by molar-refractivity contribution is 5.97. The van der Waals surface area contributed by atoms with Crippen molar-refractivity contribution in [2.24, 2.45) is 0 Å². The van der Waals surface area contributed by atoms with E-state index in [9.17, 15) is 9.90 Å². The number of aryl methyl sites for hydroxylation is 2. The molecule has 4 nitrogen and oxygen atoms in total. The lowest BCUT2D eigenvalue weighted by molar-refractivity contribution is 0.0923. The van der Waals surface area contributed by atoms with Gasteiger partial charge in [0.2, 0.25) is 0 Å². The zero-order valence-corrected chi connectivity index (χ0v) is 22.4. The molecule has 0 amide bonds. The molecule has 1 N–H and O–H groups in total. The summed E-state index contributed by atoms with van der Waals surface area (Å²) in [6.45, 7) is 5.62. The van der Waals surface area contributed by atoms with Crippen LogP contribution in [0.1, 0.15) is 71.1 Å². The number of ether oxygens (including phenoxy) is 1. The predicted octanol–water partition coefficient (Wildman–Crippen LogP) is 6.77. The van der Waals surface area contributed by atoms with Crippen LogP contribution in [0.25, 0.3) is 0 Å². The minimum Gasteiger partial charge on any atom is -0.392 e. The van der Waals surface area contributed by atoms with Gasteiger partial charge >= 0.3 is 0 Å². The number of hydrogen-bond donors (Lipinski definition) is 1. The number of benzene rings is 3. The van der Waals surface area contributed by atoms with Gasteiger partial charge in [-0.15, -0.1) is 0 Å². The number of ketones is 1. The van der Waals surface area contributed by atoms with E-state index in [1.54, 1.807) is 0 Å². The molecule has 0 unspecified atom stereocenters. The minimum atomic E-state index is -0.0436. The lowest BCUT2D eigenvalue weighted by Crippen LogP contribution is -2.30. The van der Waals surface area contributed by atoms with E-state index in [-0.39, 0.29) is 12.4 Å². The normalized spacial score (nSPS) is 11.2. The Bertz CT molecular complexity index is 1040. The Morgan fingerprint density at radius 2 is 1.43 bits per heavy atom. The summed E-state index contributed by atoms with van der Waals surface area (Å²) in [7, 11) is 0. The van der Waals surface area contributed by atoms with Gasteiger partial charge in [0.25, 0.3) is 0 Å². The highest BCUT2D eigenvalue weighted by Gasteiger charge is 2.14. The molecule has 0 aliphatic heterocycles. The van der Waals surface area contributed by atoms with Gasteiger partial charge in [0.05, 0.1) is 13.2 Å². The number of aliphatic hydroxyl groups is 1. The predicted molar refractivity (Wildman–Crippen MR) is 152 cm³/mol. The monoisotopic (exact) mass is 501 g/mol. The lowest BCUT2D eigenvalue weighted by atomic mass is 10.0. The maximum atomic E-state index is 13.0. The van der Waals surface area contributed by atoms with Gasteiger partial charge in [0, 0.05) is 25.3 Å². The number of nitrogens with zero attached hydrogens (tertiary/aromatic N) is 1. The van der Waals surface area contributed by atoms with Gasteiger partial charge in [-0.3, -0.25) is 9.69 Å². The molecule has 3 aromatic rings. The first-order valence-corrected chi connectivity index (χ1v) is 13.8. The second-order valence-electron chi connectivity index (χ2n) is 9.89. The van der Waals surface area contributed by atoms with Crippen molar-refractivity contribution in [2.45, 2.75) is 65.0 Å². The largest absolute Gasteiger partial charge is 0.392 e. The number of rotatable bonds is 18. The number of carbonyl (C=O) groups excluding carboxylic acids is 1. The van der Waals surface area contributed by atoms with Gasteiger partial charge in [0.1, 0.15) is 0 Å². The molecular weight excluding hydrogens is 458 g/mol. The third kappa shape index (κ3) is 11.0. The second-order valence-corrected chi connectivity index (χ2v) is 9.89. The van der Waals surface area contributed by atoms with E-state index in [1.807, 2.05) is 43.3 Å². The van der Waals surface area contributed by atoms with Crippen molar-refractivity contribution >= 4 is 5.78 Å². The molecule has 0 spiro atoms. The fourth-order valence-electron chi connectivity index (χ4n) is 4.54. The molecule has 0 aliphatic rings. The van der Waals surface area contributed by atoms with Crippen LogP contribution in [-0.2, 0) is 24.3 Å². The Morgan fingerprint density at radius 3 is 2.14 bits per heavy atom. The summed E-state index contributed by atoms with van der Waals surface area (Å²) >= 11 is 0. The van der Waals surface area contributed by atoms with Crippen molar-refractivity contribution in [1.29, 1.82) is 0 Å². The molecule has 4 heteroatoms. The van der Waals surface area contributed by atoms with Gasteiger partial charge < -0.3 is 9.84 Å². The Balaban J connectivity index is 1.34. The summed E-state index contributed by atoms with van der Waals surface area (Å²) < 4.78 is 5.83. The molecule has 0 atom stereocenters. The van der Waals surface area contributed by atoms with Crippen LogP contribution in [0, 0.1) is 6.92 Å². The first kappa shape index (κ1) is 28.8. The van der Waals surface area contributed by atoms with Gasteiger partial charge in [-0.2, -0.15) is 0 Å². The van der Waals surface area contributed by atoms with Crippen molar-refractivity contribution < 1.29 is 14.6 Å². The van der Waals surface area contributed by atoms with E-state index in [0.29, 0.717) is 12.1 Å². The summed E-state index contributed by atoms with van der Waals surface area (Å²) in [6, 6.07) is 26.6. The molecule has 0 aliphatic carbocycles. The molecule has 3 rings (SSSR count). The van der Waals surface area contributed by atoms with Crippen molar-refractivity contribution in [2.75, 3.05) is 26.3 Å². The molecule has 198 valence electrons. The fourth-order valence-corrected chi connectivity index (χ4v) is 4.54. The highest BCUT2D eigenvalue weighted by Crippen LogP contribution is 2.14. The van der Waals surface area contributed by atoms with Crippen LogP contribution in [0.4, 0.5) is 0 Å². The summed E-state index contributed by atoms with van der Waals surface area (Å²) in [5.74, 6) is 0.103. The average molecular weight is 502 g/mol. The van der Waals surface area contributed by atoms with Gasteiger partial charge in [0.15, 0.2) is 5.78 Å². The molecule has 0 radical (unpaired) electrons. The number of Topliss-reactive ketones (excluding diaryl/α,β-unsaturated/α-hetero) is 1. The van der Waals surface area contributed by atoms with Crippen LogP contribution >= 0.6 is 0 Å². The van der Waals surface area contributed by atoms with Crippen LogP contribution in [0.5, 0.6) is 0 Å². The van der Waals surface area contributed by atoms with E-state index in [4.69, 9.17) is 4.74 Å². The maximum Gasteiger partial charge on any atom is 0.176 e. The average Bonchev–Trinajstić information content (AvgIpc) is 2.93. The third-order valence-corrected chi connectivity index (χ3v) is 6.82. The summed E-state index contributed by atoms with van der Waals surface area (Å²) in [4.78, 5) is 15.3. The Hall–Kier alpha value is -2.79. The number of aliphatic hydroxyl groups excluding tert-OH is 1. The molecule has 0 aromatic heterocycles. The van der Waals surface area contributed by atoms with Crippen molar-refractivity contribution in [3.05, 3.63) is 107 Å². The standard InChI is InChI=1S/C33H43NO3/c1-28-19-20-31(24-32(28)27-35)33(36)26-34(25-30-17-8-5-9-18-30)21-11-2-3-12-22-37-23-13-10-16-29-14-6-4-7-15-29/h4-9,14-15,17-20,24,35H,2-3,10-13,16,21-23,25-27H2,1H3. The zero-order valence-electron chi connectivity index (χ0n) is 22.4. The van der Waals surface area contributed by atoms with Crippen LogP contribution in [0.15, 0.2) is 78.9 Å². The van der Waals surface area contributed by atoms with Crippen molar-refractivity contribution in [1.82, 2.24) is 4.90 Å². The van der Waals surface area contributed by atoms with E-state index in [1.165, 1.54) is 17.5 Å². The van der Waals surface area contributed by atoms with Gasteiger partial charge in [-0.1, -0.05) is 85.6 Å². The lowest BCUT2D eigenvalue weighted by Gasteiger charge is -2.22. The molecule has 0 saturated carbocycles. The smallest absolute Gasteiger partial charge is 0.176 e. The van der Waals surface area contributed by atoms with E-state index >= 15 is 0 Å². The second kappa shape index (κ2) is 16.9. The maximum absolute atomic E-state index is 13.0. The third-order valence-electron chi connectivity index (χ3n) is 6.82. The van der Waals surface area contributed by atoms with Crippen LogP contribution < -0.4 is 0 Å². The van der Waals surface area contributed by atoms with Crippen LogP contribution in [0.3, 0.4) is 0 Å². The van der Waals surface area contributed by atoms with Gasteiger partial charge in [-0.05, 0) is 73.9 Å². The Morgan fingerprint density at radius 1 is 0.784 bits per heavy atom. The minimum absolute atomic E-state index is 0.0436. The Labute approximate surface area is 223 Å². The molecule has 37 heavy (non-hydrogen) atoms. The van der Waals surface area contributed by atoms with Gasteiger partial charge in [-0.25, -0.2) is 0 Å². The SMILES string of the molecule is Cc1ccc(C(=O)CN(CCCCCCOCCCCc2ccccc2)Cc2ccccc2)cc1CO. The van der Waals surface area contributed by atoms with Crippen LogP contribution in [0.2, 0.25) is 0 Å². The van der Waals surface area contributed by atoms with Crippen molar-refractivity contribution in [3.8, 4) is 0 Å². The van der Waals surface area contributed by atoms with E-state index in [2.05, 4.69) is 47.4 Å². The summed E-state index contributed by atoms with van der Waals surface area (Å²) in [5.41, 5.74) is 5.12. The summed E-state index contributed by atoms with van der Waals surface area (Å²) in [5, 5.41) is 9.57. The fraction of sp³-hybridized carbons (Fsp3) is 0.424. The summed E-state index contributed by atoms with van der Waals surface area (Å²) in [6.07, 6.45) is 7.84. The molecule has 0 bridgehead atoms. The number of hydrogen-bond acceptors (Lipinski definition) is 4. The Kier molecular flexibility index (Phi) is 13.1. The van der Waals surface area contributed by atoms with Crippen LogP contribution in [-0.4, -0.2) is 42.1 Å². The number of carbonyl (C=O) groups is 1. The quantitative estimate of drug-likeness (QED) is 0.154. The van der Waals surface area contributed by atoms with Crippen molar-refractivity contribution in [3.63, 3.8) is 0 Å². The first-order chi connectivity index (χ1) is 18.2.